The molecule has 0 saturated carbocycles. The topological polar surface area (TPSA) is 110 Å². The van der Waals surface area contributed by atoms with Crippen LogP contribution in [0, 0.1) is 10.1 Å². The molecule has 1 aromatic rings. The van der Waals surface area contributed by atoms with Gasteiger partial charge in [-0.2, -0.15) is 0 Å². The molecule has 1 amide bonds. The average Bonchev–Trinajstić information content (AvgIpc) is 2.36. The highest BCUT2D eigenvalue weighted by Gasteiger charge is 2.13. The molecule has 0 spiro atoms. The fourth-order valence-corrected chi connectivity index (χ4v) is 1.15. The monoisotopic (exact) mass is 253 g/mol. The number of amides is 1. The van der Waals surface area contributed by atoms with Gasteiger partial charge in [-0.3, -0.25) is 14.9 Å². The van der Waals surface area contributed by atoms with E-state index in [0.29, 0.717) is 6.54 Å². The van der Waals surface area contributed by atoms with E-state index >= 15 is 0 Å². The van der Waals surface area contributed by atoms with E-state index in [0.717, 1.165) is 18.8 Å². The van der Waals surface area contributed by atoms with Crippen LogP contribution in [0.25, 0.3) is 0 Å². The molecule has 1 aromatic heterocycles. The lowest BCUT2D eigenvalue weighted by atomic mass is 10.3. The second-order valence-corrected chi connectivity index (χ2v) is 3.68. The van der Waals surface area contributed by atoms with Crippen molar-refractivity contribution in [1.29, 1.82) is 0 Å². The van der Waals surface area contributed by atoms with Crippen LogP contribution in [0.2, 0.25) is 0 Å². The molecular weight excluding hydrogens is 238 g/mol. The summed E-state index contributed by atoms with van der Waals surface area (Å²) in [5.74, 6) is 0.0125. The zero-order chi connectivity index (χ0) is 13.5. The molecular formula is C10H15N5O3. The molecule has 8 heteroatoms. The third kappa shape index (κ3) is 3.96. The van der Waals surface area contributed by atoms with E-state index in [1.807, 2.05) is 6.92 Å². The van der Waals surface area contributed by atoms with E-state index in [2.05, 4.69) is 20.6 Å². The predicted octanol–water partition coefficient (Wildman–Crippen LogP) is 0.711. The van der Waals surface area contributed by atoms with Gasteiger partial charge in [-0.15, -0.1) is 0 Å². The van der Waals surface area contributed by atoms with Crippen molar-refractivity contribution < 1.29 is 9.72 Å². The largest absolute Gasteiger partial charge is 0.354 e. The van der Waals surface area contributed by atoms with Crippen LogP contribution in [0.4, 0.5) is 11.6 Å². The molecule has 2 N–H and O–H groups in total. The summed E-state index contributed by atoms with van der Waals surface area (Å²) in [7, 11) is 0. The van der Waals surface area contributed by atoms with E-state index in [9.17, 15) is 14.9 Å². The van der Waals surface area contributed by atoms with E-state index in [4.69, 9.17) is 0 Å². The van der Waals surface area contributed by atoms with Crippen molar-refractivity contribution >= 4 is 17.5 Å². The van der Waals surface area contributed by atoms with E-state index in [1.54, 1.807) is 6.92 Å². The quantitative estimate of drug-likeness (QED) is 0.570. The van der Waals surface area contributed by atoms with Gasteiger partial charge >= 0.3 is 5.69 Å². The number of nitrogens with zero attached hydrogens (tertiary/aromatic N) is 3. The van der Waals surface area contributed by atoms with Gasteiger partial charge in [0.15, 0.2) is 0 Å². The Labute approximate surface area is 104 Å². The number of hydrogen-bond donors (Lipinski definition) is 2. The van der Waals surface area contributed by atoms with Gasteiger partial charge in [0, 0.05) is 6.54 Å². The molecule has 0 aliphatic heterocycles. The van der Waals surface area contributed by atoms with Crippen molar-refractivity contribution in [3.05, 3.63) is 22.5 Å². The smallest absolute Gasteiger partial charge is 0.305 e. The molecule has 1 unspecified atom stereocenters. The zero-order valence-corrected chi connectivity index (χ0v) is 10.2. The van der Waals surface area contributed by atoms with Crippen molar-refractivity contribution in [2.75, 3.05) is 11.9 Å². The lowest BCUT2D eigenvalue weighted by Gasteiger charge is -2.13. The number of carbonyl (C=O) groups excluding carboxylic acids is 1. The summed E-state index contributed by atoms with van der Waals surface area (Å²) >= 11 is 0. The molecule has 18 heavy (non-hydrogen) atoms. The Morgan fingerprint density at radius 2 is 2.11 bits per heavy atom. The molecule has 1 atom stereocenters. The number of carbonyl (C=O) groups is 1. The second-order valence-electron chi connectivity index (χ2n) is 3.68. The number of nitro groups is 1. The van der Waals surface area contributed by atoms with Gasteiger partial charge < -0.3 is 10.6 Å². The summed E-state index contributed by atoms with van der Waals surface area (Å²) in [4.78, 5) is 28.9. The number of anilines is 1. The summed E-state index contributed by atoms with van der Waals surface area (Å²) in [6.45, 7) is 4.22. The normalized spacial score (nSPS) is 11.7. The molecule has 0 saturated heterocycles. The lowest BCUT2D eigenvalue weighted by Crippen LogP contribution is -2.38. The SMILES string of the molecule is CCCNC(=O)C(C)Nc1ncc([N+](=O)[O-])cn1. The van der Waals surface area contributed by atoms with Gasteiger partial charge in [0.1, 0.15) is 18.4 Å². The first kappa shape index (κ1) is 13.8. The van der Waals surface area contributed by atoms with Crippen molar-refractivity contribution in [3.8, 4) is 0 Å². The number of hydrogen-bond acceptors (Lipinski definition) is 6. The van der Waals surface area contributed by atoms with Crippen molar-refractivity contribution in [2.45, 2.75) is 26.3 Å². The van der Waals surface area contributed by atoms with Crippen molar-refractivity contribution in [3.63, 3.8) is 0 Å². The minimum absolute atomic E-state index is 0.168. The van der Waals surface area contributed by atoms with Crippen LogP contribution < -0.4 is 10.6 Å². The van der Waals surface area contributed by atoms with E-state index < -0.39 is 11.0 Å². The van der Waals surface area contributed by atoms with E-state index in [1.165, 1.54) is 0 Å². The summed E-state index contributed by atoms with van der Waals surface area (Å²) in [5.41, 5.74) is -0.191. The zero-order valence-electron chi connectivity index (χ0n) is 10.2. The first-order chi connectivity index (χ1) is 8.54. The Bertz CT molecular complexity index is 420. The molecule has 0 aliphatic carbocycles. The van der Waals surface area contributed by atoms with Gasteiger partial charge in [0.25, 0.3) is 0 Å². The van der Waals surface area contributed by atoms with Gasteiger partial charge in [0.2, 0.25) is 11.9 Å². The Kier molecular flexibility index (Phi) is 4.97. The molecule has 1 heterocycles. The maximum atomic E-state index is 11.5. The average molecular weight is 253 g/mol. The molecule has 0 fully saturated rings. The Morgan fingerprint density at radius 1 is 1.50 bits per heavy atom. The van der Waals surface area contributed by atoms with Crippen LogP contribution in [0.15, 0.2) is 12.4 Å². The first-order valence-corrected chi connectivity index (χ1v) is 5.55. The third-order valence-electron chi connectivity index (χ3n) is 2.14. The second kappa shape index (κ2) is 6.48. The van der Waals surface area contributed by atoms with Crippen LogP contribution in [0.5, 0.6) is 0 Å². The molecule has 8 nitrogen and oxygen atoms in total. The number of rotatable bonds is 6. The summed E-state index contributed by atoms with van der Waals surface area (Å²) in [6, 6.07) is -0.502. The number of nitrogens with one attached hydrogen (secondary N) is 2. The van der Waals surface area contributed by atoms with Gasteiger partial charge in [-0.25, -0.2) is 9.97 Å². The highest BCUT2D eigenvalue weighted by molar-refractivity contribution is 5.83. The Balaban J connectivity index is 2.56. The minimum atomic E-state index is -0.582. The predicted molar refractivity (Wildman–Crippen MR) is 65.1 cm³/mol. The van der Waals surface area contributed by atoms with Gasteiger partial charge in [-0.05, 0) is 13.3 Å². The summed E-state index contributed by atoms with van der Waals surface area (Å²) < 4.78 is 0. The van der Waals surface area contributed by atoms with Crippen LogP contribution in [0.3, 0.4) is 0 Å². The third-order valence-corrected chi connectivity index (χ3v) is 2.14. The van der Waals surface area contributed by atoms with Crippen molar-refractivity contribution in [1.82, 2.24) is 15.3 Å². The summed E-state index contributed by atoms with van der Waals surface area (Å²) in [6.07, 6.45) is 3.03. The Hall–Kier alpha value is -2.25. The maximum Gasteiger partial charge on any atom is 0.305 e. The highest BCUT2D eigenvalue weighted by Crippen LogP contribution is 2.08. The van der Waals surface area contributed by atoms with Crippen LogP contribution in [-0.4, -0.2) is 33.4 Å². The lowest BCUT2D eigenvalue weighted by molar-refractivity contribution is -0.385. The fraction of sp³-hybridized carbons (Fsp3) is 0.500. The molecule has 1 rings (SSSR count). The maximum absolute atomic E-state index is 11.5. The molecule has 98 valence electrons. The van der Waals surface area contributed by atoms with E-state index in [-0.39, 0.29) is 17.5 Å². The first-order valence-electron chi connectivity index (χ1n) is 5.55. The minimum Gasteiger partial charge on any atom is -0.354 e. The number of aromatic nitrogens is 2. The highest BCUT2D eigenvalue weighted by atomic mass is 16.6. The van der Waals surface area contributed by atoms with Gasteiger partial charge in [0.05, 0.1) is 4.92 Å². The van der Waals surface area contributed by atoms with Gasteiger partial charge in [-0.1, -0.05) is 6.92 Å². The molecule has 0 bridgehead atoms. The fourth-order valence-electron chi connectivity index (χ4n) is 1.15. The van der Waals surface area contributed by atoms with Crippen LogP contribution in [-0.2, 0) is 4.79 Å². The molecule has 0 aromatic carbocycles. The van der Waals surface area contributed by atoms with Crippen molar-refractivity contribution in [2.24, 2.45) is 0 Å². The standard InChI is InChI=1S/C10H15N5O3/c1-3-4-11-9(16)7(2)14-10-12-5-8(6-13-10)15(17)18/h5-7H,3-4H2,1-2H3,(H,11,16)(H,12,13,14). The molecule has 0 aliphatic rings. The Morgan fingerprint density at radius 3 is 2.61 bits per heavy atom. The summed E-state index contributed by atoms with van der Waals surface area (Å²) in [5, 5.41) is 15.9. The molecule has 0 radical (unpaired) electrons. The van der Waals surface area contributed by atoms with Crippen LogP contribution in [0.1, 0.15) is 20.3 Å². The van der Waals surface area contributed by atoms with Crippen LogP contribution >= 0.6 is 0 Å².